The third-order valence-electron chi connectivity index (χ3n) is 4.97. The molecule has 15 heteroatoms. The zero-order valence-electron chi connectivity index (χ0n) is 19.8. The van der Waals surface area contributed by atoms with Gasteiger partial charge in [-0.3, -0.25) is 14.5 Å². The number of thioether (sulfide) groups is 2. The van der Waals surface area contributed by atoms with Crippen LogP contribution in [0.15, 0.2) is 33.3 Å². The molecule has 0 saturated carbocycles. The second-order valence-electron chi connectivity index (χ2n) is 7.96. The number of nitrogens with one attached hydrogen (secondary N) is 1. The van der Waals surface area contributed by atoms with Crippen molar-refractivity contribution >= 4 is 69.5 Å². The van der Waals surface area contributed by atoms with Crippen LogP contribution in [0.25, 0.3) is 0 Å². The summed E-state index contributed by atoms with van der Waals surface area (Å²) in [6, 6.07) is -0.985. The topological polar surface area (TPSA) is 168 Å². The number of nitrogens with zero attached hydrogens (tertiary/aromatic N) is 4. The molecule has 2 atom stereocenters. The van der Waals surface area contributed by atoms with Gasteiger partial charge in [0.2, 0.25) is 0 Å². The number of thiazole rings is 1. The van der Waals surface area contributed by atoms with Gasteiger partial charge in [0.15, 0.2) is 10.8 Å². The molecule has 36 heavy (non-hydrogen) atoms. The van der Waals surface area contributed by atoms with E-state index in [1.807, 2.05) is 19.5 Å². The van der Waals surface area contributed by atoms with Gasteiger partial charge in [-0.25, -0.2) is 14.6 Å². The molecule has 2 amide bonds. The Balaban J connectivity index is 1.71. The third-order valence-corrected chi connectivity index (χ3v) is 7.79. The average molecular weight is 555 g/mol. The van der Waals surface area contributed by atoms with Crippen molar-refractivity contribution in [1.82, 2.24) is 20.1 Å². The molecular weight excluding hydrogens is 528 g/mol. The smallest absolute Gasteiger partial charge is 0.352 e. The number of carbonyl (C=O) groups excluding carboxylic acids is 3. The number of rotatable bonds is 11. The first kappa shape index (κ1) is 27.7. The lowest BCUT2D eigenvalue weighted by Crippen LogP contribution is -2.71. The molecule has 194 valence electrons. The summed E-state index contributed by atoms with van der Waals surface area (Å²) in [4.78, 5) is 60.9. The van der Waals surface area contributed by atoms with E-state index in [-0.39, 0.29) is 22.2 Å². The highest BCUT2D eigenvalue weighted by atomic mass is 32.2. The van der Waals surface area contributed by atoms with Gasteiger partial charge in [-0.05, 0) is 49.9 Å². The first-order chi connectivity index (χ1) is 17.1. The minimum atomic E-state index is -1.22. The molecule has 3 heterocycles. The molecule has 0 aliphatic carbocycles. The molecule has 2 aliphatic rings. The zero-order valence-corrected chi connectivity index (χ0v) is 22.2. The van der Waals surface area contributed by atoms with E-state index in [0.717, 1.165) is 37.0 Å². The monoisotopic (exact) mass is 554 g/mol. The van der Waals surface area contributed by atoms with Crippen LogP contribution in [0, 0.1) is 0 Å². The summed E-state index contributed by atoms with van der Waals surface area (Å²) < 4.78 is 0. The molecule has 1 aromatic heterocycles. The number of anilines is 1. The van der Waals surface area contributed by atoms with Crippen LogP contribution in [0.5, 0.6) is 0 Å². The van der Waals surface area contributed by atoms with Crippen molar-refractivity contribution < 1.29 is 29.1 Å². The van der Waals surface area contributed by atoms with Crippen molar-refractivity contribution in [1.29, 1.82) is 0 Å². The number of fused-ring (bicyclic) bond motifs is 1. The van der Waals surface area contributed by atoms with Gasteiger partial charge in [-0.15, -0.1) is 34.9 Å². The number of allylic oxidation sites excluding steroid dienone is 1. The minimum Gasteiger partial charge on any atom is -0.477 e. The molecule has 4 N–H and O–H groups in total. The first-order valence-corrected chi connectivity index (χ1v) is 13.7. The summed E-state index contributed by atoms with van der Waals surface area (Å²) >= 11 is 3.98. The van der Waals surface area contributed by atoms with Gasteiger partial charge in [0.05, 0.1) is 0 Å². The number of carbonyl (C=O) groups is 4. The van der Waals surface area contributed by atoms with Gasteiger partial charge in [-0.1, -0.05) is 5.16 Å². The van der Waals surface area contributed by atoms with E-state index in [1.54, 1.807) is 17.8 Å². The fourth-order valence-electron chi connectivity index (χ4n) is 3.35. The van der Waals surface area contributed by atoms with Crippen LogP contribution in [0.2, 0.25) is 0 Å². The van der Waals surface area contributed by atoms with Gasteiger partial charge in [0.25, 0.3) is 11.8 Å². The molecule has 0 unspecified atom stereocenters. The molecule has 3 rings (SSSR count). The largest absolute Gasteiger partial charge is 0.477 e. The highest BCUT2D eigenvalue weighted by Gasteiger charge is 2.54. The van der Waals surface area contributed by atoms with Crippen LogP contribution in [0.3, 0.4) is 0 Å². The minimum absolute atomic E-state index is 0.0813. The second kappa shape index (κ2) is 12.4. The van der Waals surface area contributed by atoms with E-state index in [9.17, 15) is 24.3 Å². The molecule has 0 radical (unpaired) electrons. The maximum absolute atomic E-state index is 12.9. The SMILES string of the molecule is CC(=O)ON=C(C(=O)N[C@@H]1C(=O)N2C(C(=O)O)=C(/C=C/SCCCN(C)C)CS[C@H]12)c1csc(N)n1. The van der Waals surface area contributed by atoms with Crippen LogP contribution in [-0.2, 0) is 24.0 Å². The Kier molecular flexibility index (Phi) is 9.53. The molecular formula is C21H26N6O6S3. The Hall–Kier alpha value is -2.88. The van der Waals surface area contributed by atoms with Crippen molar-refractivity contribution in [2.75, 3.05) is 37.9 Å². The van der Waals surface area contributed by atoms with E-state index in [4.69, 9.17) is 5.73 Å². The van der Waals surface area contributed by atoms with Crippen molar-refractivity contribution in [2.45, 2.75) is 24.8 Å². The van der Waals surface area contributed by atoms with E-state index < -0.39 is 35.2 Å². The number of aliphatic carboxylic acids is 1. The normalized spacial score (nSPS) is 19.9. The van der Waals surface area contributed by atoms with Crippen LogP contribution >= 0.6 is 34.9 Å². The Morgan fingerprint density at radius 3 is 2.81 bits per heavy atom. The lowest BCUT2D eigenvalue weighted by Gasteiger charge is -2.49. The number of aromatic nitrogens is 1. The highest BCUT2D eigenvalue weighted by molar-refractivity contribution is 8.02. The Labute approximate surface area is 220 Å². The number of carboxylic acids is 1. The maximum Gasteiger partial charge on any atom is 0.352 e. The number of nitrogens with two attached hydrogens (primary N) is 1. The van der Waals surface area contributed by atoms with Crippen LogP contribution in [0.1, 0.15) is 19.0 Å². The van der Waals surface area contributed by atoms with Gasteiger partial charge in [-0.2, -0.15) is 0 Å². The Morgan fingerprint density at radius 2 is 2.19 bits per heavy atom. The van der Waals surface area contributed by atoms with Crippen LogP contribution < -0.4 is 11.1 Å². The predicted molar refractivity (Wildman–Crippen MR) is 139 cm³/mol. The van der Waals surface area contributed by atoms with Crippen molar-refractivity contribution in [3.05, 3.63) is 33.8 Å². The molecule has 2 aliphatic heterocycles. The quantitative estimate of drug-likeness (QED) is 0.117. The van der Waals surface area contributed by atoms with Crippen molar-refractivity contribution in [3.63, 3.8) is 0 Å². The average Bonchev–Trinajstić information content (AvgIpc) is 3.24. The predicted octanol–water partition coefficient (Wildman–Crippen LogP) is 0.930. The van der Waals surface area contributed by atoms with E-state index >= 15 is 0 Å². The highest BCUT2D eigenvalue weighted by Crippen LogP contribution is 2.40. The first-order valence-electron chi connectivity index (χ1n) is 10.7. The van der Waals surface area contributed by atoms with Crippen LogP contribution in [0.4, 0.5) is 5.13 Å². The Bertz CT molecular complexity index is 1130. The molecule has 1 saturated heterocycles. The summed E-state index contributed by atoms with van der Waals surface area (Å²) in [7, 11) is 4.00. The van der Waals surface area contributed by atoms with Crippen molar-refractivity contribution in [3.8, 4) is 0 Å². The molecule has 1 aromatic rings. The lowest BCUT2D eigenvalue weighted by atomic mass is 10.0. The third kappa shape index (κ3) is 6.66. The number of β-lactam (4-membered cyclic amide) rings is 1. The summed E-state index contributed by atoms with van der Waals surface area (Å²) in [5.41, 5.74) is 5.81. The van der Waals surface area contributed by atoms with Gasteiger partial charge in [0, 0.05) is 18.1 Å². The summed E-state index contributed by atoms with van der Waals surface area (Å²) in [6.45, 7) is 2.08. The Morgan fingerprint density at radius 1 is 1.44 bits per heavy atom. The number of oxime groups is 1. The number of hydrogen-bond donors (Lipinski definition) is 3. The second-order valence-corrected chi connectivity index (χ2v) is 11.0. The summed E-state index contributed by atoms with van der Waals surface area (Å²) in [6.07, 6.45) is 2.72. The fourth-order valence-corrected chi connectivity index (χ4v) is 5.91. The van der Waals surface area contributed by atoms with Crippen molar-refractivity contribution in [2.24, 2.45) is 5.16 Å². The maximum atomic E-state index is 12.9. The number of carboxylic acid groups (broad SMARTS) is 1. The van der Waals surface area contributed by atoms with E-state index in [1.165, 1.54) is 22.0 Å². The molecule has 0 spiro atoms. The van der Waals surface area contributed by atoms with E-state index in [2.05, 4.69) is 25.2 Å². The fraction of sp³-hybridized carbons (Fsp3) is 0.429. The standard InChI is InChI=1S/C21H26N6O6S3/c1-11(28)33-25-14(13-10-36-21(22)23-13)17(29)24-15-18(30)27-16(20(31)32)12(9-35-19(15)27)5-8-34-7-4-6-26(2)3/h5,8,10,15,19H,4,6-7,9H2,1-3H3,(H2,22,23)(H,24,29)(H,31,32)/b8-5+,25-14?/t15-,19-/m1/s1. The zero-order chi connectivity index (χ0) is 26.4. The van der Waals surface area contributed by atoms with Gasteiger partial charge >= 0.3 is 11.9 Å². The van der Waals surface area contributed by atoms with E-state index in [0.29, 0.717) is 11.3 Å². The molecule has 0 aromatic carbocycles. The number of nitrogen functional groups attached to an aromatic ring is 1. The van der Waals surface area contributed by atoms with Gasteiger partial charge in [0.1, 0.15) is 22.8 Å². The van der Waals surface area contributed by atoms with Crippen LogP contribution in [-0.4, -0.2) is 92.9 Å². The molecule has 1 fully saturated rings. The number of amides is 2. The molecule has 0 bridgehead atoms. The number of hydrogen-bond acceptors (Lipinski definition) is 12. The lowest BCUT2D eigenvalue weighted by molar-refractivity contribution is -0.150. The summed E-state index contributed by atoms with van der Waals surface area (Å²) in [5.74, 6) is -2.09. The van der Waals surface area contributed by atoms with Gasteiger partial charge < -0.3 is 25.9 Å². The summed E-state index contributed by atoms with van der Waals surface area (Å²) in [5, 5.41) is 18.8. The molecule has 12 nitrogen and oxygen atoms in total.